The maximum atomic E-state index is 5.99. The Bertz CT molecular complexity index is 550. The molecule has 0 N–H and O–H groups in total. The van der Waals surface area contributed by atoms with E-state index in [1.807, 2.05) is 24.3 Å². The maximum Gasteiger partial charge on any atom is 0.226 e. The highest BCUT2D eigenvalue weighted by Gasteiger charge is 2.54. The molecule has 0 aliphatic heterocycles. The molecule has 17 heavy (non-hydrogen) atoms. The van der Waals surface area contributed by atoms with E-state index in [9.17, 15) is 0 Å². The summed E-state index contributed by atoms with van der Waals surface area (Å²) in [6.07, 6.45) is 2.43. The van der Waals surface area contributed by atoms with Gasteiger partial charge in [-0.25, -0.2) is 4.98 Å². The first-order chi connectivity index (χ1) is 8.06. The van der Waals surface area contributed by atoms with Crippen LogP contribution < -0.4 is 0 Å². The summed E-state index contributed by atoms with van der Waals surface area (Å²) in [5.74, 6) is 1.43. The summed E-state index contributed by atoms with van der Waals surface area (Å²) >= 11 is 15.4. The van der Waals surface area contributed by atoms with E-state index in [1.54, 1.807) is 6.20 Å². The molecule has 5 heteroatoms. The lowest BCUT2D eigenvalue weighted by Gasteiger charge is -1.96. The third kappa shape index (κ3) is 2.24. The fourth-order valence-electron chi connectivity index (χ4n) is 1.70. The standard InChI is InChI=1S/C12H8BrCl2NO/c13-8-3-1-7(2-4-8)11-16-6-10(17-11)9-5-12(9,14)15/h1-4,6,9H,5H2. The van der Waals surface area contributed by atoms with Gasteiger partial charge in [-0.3, -0.25) is 0 Å². The monoisotopic (exact) mass is 331 g/mol. The Kier molecular flexibility index (Phi) is 2.73. The van der Waals surface area contributed by atoms with Gasteiger partial charge in [-0.05, 0) is 30.7 Å². The van der Waals surface area contributed by atoms with Crippen LogP contribution in [0.15, 0.2) is 39.4 Å². The summed E-state index contributed by atoms with van der Waals surface area (Å²) in [6.45, 7) is 0. The number of rotatable bonds is 2. The van der Waals surface area contributed by atoms with E-state index in [4.69, 9.17) is 27.6 Å². The van der Waals surface area contributed by atoms with E-state index in [0.29, 0.717) is 5.89 Å². The molecule has 1 atom stereocenters. The van der Waals surface area contributed by atoms with Crippen LogP contribution in [0.25, 0.3) is 11.5 Å². The zero-order valence-corrected chi connectivity index (χ0v) is 11.8. The number of nitrogens with zero attached hydrogens (tertiary/aromatic N) is 1. The van der Waals surface area contributed by atoms with Gasteiger partial charge >= 0.3 is 0 Å². The van der Waals surface area contributed by atoms with Crippen LogP contribution in [0.1, 0.15) is 18.1 Å². The van der Waals surface area contributed by atoms with Gasteiger partial charge in [-0.15, -0.1) is 23.2 Å². The van der Waals surface area contributed by atoms with E-state index in [0.717, 1.165) is 22.2 Å². The van der Waals surface area contributed by atoms with Crippen LogP contribution in [0.3, 0.4) is 0 Å². The lowest BCUT2D eigenvalue weighted by atomic mass is 10.2. The first-order valence-corrected chi connectivity index (χ1v) is 6.71. The Morgan fingerprint density at radius 3 is 2.53 bits per heavy atom. The smallest absolute Gasteiger partial charge is 0.226 e. The minimum absolute atomic E-state index is 0.0718. The number of hydrogen-bond acceptors (Lipinski definition) is 2. The molecule has 1 unspecified atom stereocenters. The second kappa shape index (κ2) is 4.01. The van der Waals surface area contributed by atoms with Crippen LogP contribution in [0, 0.1) is 0 Å². The number of halogens is 3. The molecule has 3 rings (SSSR count). The Morgan fingerprint density at radius 2 is 1.94 bits per heavy atom. The van der Waals surface area contributed by atoms with Crippen LogP contribution in [-0.4, -0.2) is 9.32 Å². The number of benzene rings is 1. The van der Waals surface area contributed by atoms with E-state index >= 15 is 0 Å². The van der Waals surface area contributed by atoms with Gasteiger partial charge in [0.05, 0.1) is 12.1 Å². The first kappa shape index (κ1) is 11.6. The summed E-state index contributed by atoms with van der Waals surface area (Å²) < 4.78 is 6.03. The van der Waals surface area contributed by atoms with Crippen molar-refractivity contribution in [3.05, 3.63) is 40.7 Å². The highest BCUT2D eigenvalue weighted by atomic mass is 79.9. The Morgan fingerprint density at radius 1 is 1.29 bits per heavy atom. The topological polar surface area (TPSA) is 26.0 Å². The van der Waals surface area contributed by atoms with Crippen molar-refractivity contribution in [2.45, 2.75) is 16.7 Å². The number of oxazole rings is 1. The SMILES string of the molecule is ClC1(Cl)CC1c1cnc(-c2ccc(Br)cc2)o1. The number of aromatic nitrogens is 1. The van der Waals surface area contributed by atoms with E-state index < -0.39 is 4.33 Å². The van der Waals surface area contributed by atoms with Gasteiger partial charge in [0.15, 0.2) is 0 Å². The van der Waals surface area contributed by atoms with Crippen molar-refractivity contribution in [1.29, 1.82) is 0 Å². The second-order valence-corrected chi connectivity index (χ2v) is 6.55. The van der Waals surface area contributed by atoms with Crippen molar-refractivity contribution < 1.29 is 4.42 Å². The van der Waals surface area contributed by atoms with Gasteiger partial charge in [0.2, 0.25) is 5.89 Å². The van der Waals surface area contributed by atoms with Crippen molar-refractivity contribution in [2.75, 3.05) is 0 Å². The quantitative estimate of drug-likeness (QED) is 0.741. The second-order valence-electron chi connectivity index (χ2n) is 4.09. The molecule has 0 bridgehead atoms. The molecule has 2 nitrogen and oxygen atoms in total. The van der Waals surface area contributed by atoms with Crippen molar-refractivity contribution in [3.63, 3.8) is 0 Å². The first-order valence-electron chi connectivity index (χ1n) is 5.16. The van der Waals surface area contributed by atoms with Crippen molar-refractivity contribution in [3.8, 4) is 11.5 Å². The summed E-state index contributed by atoms with van der Waals surface area (Å²) in [5, 5.41) is 0. The molecule has 88 valence electrons. The zero-order valence-electron chi connectivity index (χ0n) is 8.66. The molecule has 0 spiro atoms. The molecule has 1 saturated carbocycles. The molecule has 0 radical (unpaired) electrons. The summed E-state index contributed by atoms with van der Waals surface area (Å²) in [4.78, 5) is 4.24. The third-order valence-corrected chi connectivity index (χ3v) is 4.15. The van der Waals surface area contributed by atoms with Crippen molar-refractivity contribution in [1.82, 2.24) is 4.98 Å². The van der Waals surface area contributed by atoms with Gasteiger partial charge in [0.25, 0.3) is 0 Å². The number of alkyl halides is 2. The maximum absolute atomic E-state index is 5.99. The Hall–Kier alpha value is -0.510. The predicted molar refractivity (Wildman–Crippen MR) is 71.4 cm³/mol. The molecular weight excluding hydrogens is 325 g/mol. The molecule has 1 aliphatic rings. The van der Waals surface area contributed by atoms with Gasteiger partial charge in [0, 0.05) is 10.0 Å². The summed E-state index contributed by atoms with van der Waals surface area (Å²) in [7, 11) is 0. The predicted octanol–water partition coefficient (Wildman–Crippen LogP) is 4.77. The van der Waals surface area contributed by atoms with E-state index in [2.05, 4.69) is 20.9 Å². The highest BCUT2D eigenvalue weighted by Crippen LogP contribution is 2.59. The van der Waals surface area contributed by atoms with E-state index in [1.165, 1.54) is 0 Å². The van der Waals surface area contributed by atoms with Crippen molar-refractivity contribution >= 4 is 39.1 Å². The average Bonchev–Trinajstić information content (AvgIpc) is 2.76. The average molecular weight is 333 g/mol. The lowest BCUT2D eigenvalue weighted by Crippen LogP contribution is -1.86. The molecule has 1 aromatic heterocycles. The molecule has 2 aromatic rings. The Balaban J connectivity index is 1.88. The van der Waals surface area contributed by atoms with Crippen LogP contribution in [-0.2, 0) is 0 Å². The van der Waals surface area contributed by atoms with Gasteiger partial charge < -0.3 is 4.42 Å². The highest BCUT2D eigenvalue weighted by molar-refractivity contribution is 9.10. The zero-order chi connectivity index (χ0) is 12.0. The molecular formula is C12H8BrCl2NO. The van der Waals surface area contributed by atoms with Gasteiger partial charge in [-0.1, -0.05) is 15.9 Å². The van der Waals surface area contributed by atoms with Crippen LogP contribution in [0.2, 0.25) is 0 Å². The molecule has 0 amide bonds. The van der Waals surface area contributed by atoms with Gasteiger partial charge in [0.1, 0.15) is 10.1 Å². The van der Waals surface area contributed by atoms with Gasteiger partial charge in [-0.2, -0.15) is 0 Å². The fraction of sp³-hybridized carbons (Fsp3) is 0.250. The molecule has 1 heterocycles. The normalized spacial score (nSPS) is 21.5. The summed E-state index contributed by atoms with van der Waals surface area (Å²) in [5.41, 5.74) is 0.940. The lowest BCUT2D eigenvalue weighted by molar-refractivity contribution is 0.519. The minimum Gasteiger partial charge on any atom is -0.441 e. The fourth-order valence-corrected chi connectivity index (χ4v) is 2.48. The van der Waals surface area contributed by atoms with Crippen LogP contribution in [0.5, 0.6) is 0 Å². The van der Waals surface area contributed by atoms with E-state index in [-0.39, 0.29) is 5.92 Å². The van der Waals surface area contributed by atoms with Crippen LogP contribution >= 0.6 is 39.1 Å². The van der Waals surface area contributed by atoms with Crippen LogP contribution in [0.4, 0.5) is 0 Å². The molecule has 1 aliphatic carbocycles. The third-order valence-electron chi connectivity index (χ3n) is 2.78. The van der Waals surface area contributed by atoms with Crippen molar-refractivity contribution in [2.24, 2.45) is 0 Å². The molecule has 0 saturated heterocycles. The largest absolute Gasteiger partial charge is 0.441 e. The minimum atomic E-state index is -0.670. The summed E-state index contributed by atoms with van der Waals surface area (Å²) in [6, 6.07) is 7.79. The molecule has 1 aromatic carbocycles. The molecule has 1 fully saturated rings. The Labute approximate surface area is 117 Å². The number of hydrogen-bond donors (Lipinski definition) is 0.